The van der Waals surface area contributed by atoms with Gasteiger partial charge in [-0.3, -0.25) is 9.36 Å². The first-order chi connectivity index (χ1) is 15.2. The maximum atomic E-state index is 13.0. The summed E-state index contributed by atoms with van der Waals surface area (Å²) in [5.74, 6) is -2.92. The van der Waals surface area contributed by atoms with Gasteiger partial charge in [0.05, 0.1) is 7.11 Å². The summed E-state index contributed by atoms with van der Waals surface area (Å²) >= 11 is 0. The number of alkyl carbamates (subject to hydrolysis) is 1. The predicted octanol–water partition coefficient (Wildman–Crippen LogP) is 3.38. The molecule has 0 radical (unpaired) electrons. The summed E-state index contributed by atoms with van der Waals surface area (Å²) in [5, 5.41) is 2.35. The second-order valence-electron chi connectivity index (χ2n) is 6.92. The molecule has 0 aliphatic rings. The maximum absolute atomic E-state index is 13.0. The van der Waals surface area contributed by atoms with Gasteiger partial charge in [-0.2, -0.15) is 0 Å². The Morgan fingerprint density at radius 3 is 2.19 bits per heavy atom. The second-order valence-corrected chi connectivity index (χ2v) is 9.35. The van der Waals surface area contributed by atoms with Crippen LogP contribution >= 0.6 is 7.37 Å². The van der Waals surface area contributed by atoms with Crippen LogP contribution in [0.2, 0.25) is 0 Å². The van der Waals surface area contributed by atoms with E-state index in [0.717, 1.165) is 19.6 Å². The van der Waals surface area contributed by atoms with E-state index in [4.69, 9.17) is 9.47 Å². The summed E-state index contributed by atoms with van der Waals surface area (Å²) in [7, 11) is -3.00. The molecule has 2 rings (SSSR count). The van der Waals surface area contributed by atoms with Gasteiger partial charge < -0.3 is 24.4 Å². The Balaban J connectivity index is 2.05. The molecule has 2 N–H and O–H groups in total. The fraction of sp³-hybridized carbons (Fsp3) is 0.318. The van der Waals surface area contributed by atoms with E-state index >= 15 is 0 Å². The van der Waals surface area contributed by atoms with Gasteiger partial charge in [0.25, 0.3) is 0 Å². The molecule has 1 amide bonds. The smallest absolute Gasteiger partial charge is 0.408 e. The van der Waals surface area contributed by atoms with Crippen molar-refractivity contribution in [2.24, 2.45) is 0 Å². The molecule has 10 heteroatoms. The van der Waals surface area contributed by atoms with Crippen LogP contribution in [0.3, 0.4) is 0 Å². The van der Waals surface area contributed by atoms with E-state index in [-0.39, 0.29) is 13.0 Å². The molecule has 172 valence electrons. The highest BCUT2D eigenvalue weighted by Crippen LogP contribution is 2.56. The van der Waals surface area contributed by atoms with Crippen LogP contribution in [-0.4, -0.2) is 42.2 Å². The monoisotopic (exact) mass is 463 g/mol. The minimum atomic E-state index is -4.13. The van der Waals surface area contributed by atoms with E-state index in [1.807, 2.05) is 6.07 Å². The van der Waals surface area contributed by atoms with Crippen LogP contribution in [0.15, 0.2) is 60.7 Å². The van der Waals surface area contributed by atoms with Gasteiger partial charge in [-0.15, -0.1) is 0 Å². The molecule has 32 heavy (non-hydrogen) atoms. The fourth-order valence-electron chi connectivity index (χ4n) is 2.89. The van der Waals surface area contributed by atoms with Crippen molar-refractivity contribution in [3.8, 4) is 0 Å². The third-order valence-electron chi connectivity index (χ3n) is 4.46. The third kappa shape index (κ3) is 7.83. The number of carbonyl (C=O) groups is 3. The lowest BCUT2D eigenvalue weighted by Gasteiger charge is -2.24. The molecule has 0 aliphatic heterocycles. The number of benzene rings is 2. The molecule has 9 nitrogen and oxygen atoms in total. The summed E-state index contributed by atoms with van der Waals surface area (Å²) in [6.07, 6.45) is -1.53. The first-order valence-corrected chi connectivity index (χ1v) is 11.7. The van der Waals surface area contributed by atoms with Crippen molar-refractivity contribution in [2.45, 2.75) is 31.8 Å². The summed E-state index contributed by atoms with van der Waals surface area (Å²) in [6, 6.07) is 15.9. The number of nitrogens with one attached hydrogen (secondary N) is 1. The lowest BCUT2D eigenvalue weighted by atomic mass is 10.2. The van der Waals surface area contributed by atoms with Gasteiger partial charge in [0.1, 0.15) is 12.6 Å². The van der Waals surface area contributed by atoms with E-state index in [0.29, 0.717) is 5.56 Å². The highest BCUT2D eigenvalue weighted by molar-refractivity contribution is 7.58. The largest absolute Gasteiger partial charge is 0.467 e. The minimum Gasteiger partial charge on any atom is -0.467 e. The molecule has 0 fully saturated rings. The molecule has 0 aliphatic carbocycles. The Labute approximate surface area is 186 Å². The van der Waals surface area contributed by atoms with Crippen molar-refractivity contribution >= 4 is 25.4 Å². The molecule has 2 aromatic carbocycles. The number of hydrogen-bond acceptors (Lipinski definition) is 7. The average Bonchev–Trinajstić information content (AvgIpc) is 2.79. The van der Waals surface area contributed by atoms with Crippen molar-refractivity contribution in [3.63, 3.8) is 0 Å². The van der Waals surface area contributed by atoms with E-state index in [9.17, 15) is 23.8 Å². The third-order valence-corrected chi connectivity index (χ3v) is 6.49. The first-order valence-electron chi connectivity index (χ1n) is 9.81. The standard InChI is InChI=1S/C22H26NO8P/c1-16(24)31-21(18-11-7-4-8-12-18)32(27,28)14-13-19(20(25)29-2)23-22(26)30-15-17-9-5-3-6-10-17/h3-12,19,21H,13-15H2,1-2H3,(H,23,26)(H,27,28)/t19-,21?/m0/s1. The van der Waals surface area contributed by atoms with Crippen LogP contribution < -0.4 is 5.32 Å². The topological polar surface area (TPSA) is 128 Å². The number of carbonyl (C=O) groups excluding carboxylic acids is 3. The Morgan fingerprint density at radius 1 is 1.03 bits per heavy atom. The molecule has 0 spiro atoms. The Hall–Kier alpha value is -3.16. The summed E-state index contributed by atoms with van der Waals surface area (Å²) in [5.41, 5.74) is 1.10. The van der Waals surface area contributed by atoms with Gasteiger partial charge >= 0.3 is 18.0 Å². The van der Waals surface area contributed by atoms with Crippen LogP contribution in [0, 0.1) is 0 Å². The van der Waals surface area contributed by atoms with E-state index in [2.05, 4.69) is 10.1 Å². The van der Waals surface area contributed by atoms with Crippen LogP contribution in [0.5, 0.6) is 0 Å². The van der Waals surface area contributed by atoms with Crippen LogP contribution in [0.25, 0.3) is 0 Å². The Bertz CT molecular complexity index is 951. The van der Waals surface area contributed by atoms with Crippen molar-refractivity contribution < 1.29 is 38.1 Å². The van der Waals surface area contributed by atoms with Crippen molar-refractivity contribution in [1.82, 2.24) is 5.32 Å². The Morgan fingerprint density at radius 2 is 1.62 bits per heavy atom. The zero-order valence-corrected chi connectivity index (χ0v) is 18.7. The van der Waals surface area contributed by atoms with Gasteiger partial charge in [-0.1, -0.05) is 60.7 Å². The summed E-state index contributed by atoms with van der Waals surface area (Å²) in [6.45, 7) is 1.12. The molecule has 0 aromatic heterocycles. The van der Waals surface area contributed by atoms with Gasteiger partial charge in [0.2, 0.25) is 13.2 Å². The SMILES string of the molecule is COC(=O)[C@H](CCP(=O)(O)C(OC(C)=O)c1ccccc1)NC(=O)OCc1ccccc1. The molecule has 0 bridgehead atoms. The first kappa shape index (κ1) is 25.1. The number of methoxy groups -OCH3 is 1. The highest BCUT2D eigenvalue weighted by atomic mass is 31.2. The summed E-state index contributed by atoms with van der Waals surface area (Å²) < 4.78 is 27.9. The number of esters is 2. The maximum Gasteiger partial charge on any atom is 0.408 e. The average molecular weight is 463 g/mol. The number of rotatable bonds is 10. The lowest BCUT2D eigenvalue weighted by molar-refractivity contribution is -0.144. The van der Waals surface area contributed by atoms with Crippen molar-refractivity contribution in [2.75, 3.05) is 13.3 Å². The minimum absolute atomic E-state index is 0.0123. The highest BCUT2D eigenvalue weighted by Gasteiger charge is 2.37. The van der Waals surface area contributed by atoms with Crippen LogP contribution in [0.1, 0.15) is 30.3 Å². The van der Waals surface area contributed by atoms with Crippen LogP contribution in [-0.2, 0) is 35.0 Å². The van der Waals surface area contributed by atoms with Crippen molar-refractivity contribution in [1.29, 1.82) is 0 Å². The molecule has 2 unspecified atom stereocenters. The van der Waals surface area contributed by atoms with Crippen molar-refractivity contribution in [3.05, 3.63) is 71.8 Å². The molecule has 0 saturated heterocycles. The van der Waals surface area contributed by atoms with Gasteiger partial charge in [0.15, 0.2) is 0 Å². The normalized spacial score (nSPS) is 14.3. The summed E-state index contributed by atoms with van der Waals surface area (Å²) in [4.78, 5) is 46.4. The fourth-order valence-corrected chi connectivity index (χ4v) is 4.70. The molecular formula is C22H26NO8P. The predicted molar refractivity (Wildman–Crippen MR) is 116 cm³/mol. The lowest BCUT2D eigenvalue weighted by Crippen LogP contribution is -2.42. The number of ether oxygens (including phenoxy) is 3. The Kier molecular flexibility index (Phi) is 9.43. The quantitative estimate of drug-likeness (QED) is 0.312. The number of hydrogen-bond donors (Lipinski definition) is 2. The zero-order chi connectivity index (χ0) is 23.6. The van der Waals surface area contributed by atoms with Crippen LogP contribution in [0.4, 0.5) is 4.79 Å². The van der Waals surface area contributed by atoms with Gasteiger partial charge in [-0.05, 0) is 12.0 Å². The van der Waals surface area contributed by atoms with E-state index in [1.54, 1.807) is 54.6 Å². The second kappa shape index (κ2) is 12.0. The zero-order valence-electron chi connectivity index (χ0n) is 17.8. The molecular weight excluding hydrogens is 437 g/mol. The van der Waals surface area contributed by atoms with Gasteiger partial charge in [-0.25, -0.2) is 9.59 Å². The number of amides is 1. The molecule has 0 saturated carbocycles. The molecule has 3 atom stereocenters. The van der Waals surface area contributed by atoms with E-state index in [1.165, 1.54) is 0 Å². The van der Waals surface area contributed by atoms with E-state index < -0.39 is 43.4 Å². The molecule has 2 aromatic rings. The van der Waals surface area contributed by atoms with Gasteiger partial charge in [0, 0.05) is 18.6 Å². The molecule has 0 heterocycles.